The molecule has 0 radical (unpaired) electrons. The van der Waals surface area contributed by atoms with E-state index in [4.69, 9.17) is 20.9 Å². The van der Waals surface area contributed by atoms with Gasteiger partial charge in [0.15, 0.2) is 12.4 Å². The van der Waals surface area contributed by atoms with E-state index in [-0.39, 0.29) is 23.8 Å². The molecule has 0 bridgehead atoms. The summed E-state index contributed by atoms with van der Waals surface area (Å²) >= 11 is 5.88. The van der Waals surface area contributed by atoms with Crippen LogP contribution in [0.5, 0.6) is 5.75 Å². The van der Waals surface area contributed by atoms with Crippen molar-refractivity contribution in [3.05, 3.63) is 41.0 Å². The van der Waals surface area contributed by atoms with Crippen LogP contribution in [0, 0.1) is 5.41 Å². The Morgan fingerprint density at radius 2 is 2.07 bits per heavy atom. The summed E-state index contributed by atoms with van der Waals surface area (Å²) in [6.45, 7) is 3.40. The fourth-order valence-corrected chi connectivity index (χ4v) is 4.55. The second-order valence-corrected chi connectivity index (χ2v) is 7.98. The van der Waals surface area contributed by atoms with Crippen molar-refractivity contribution in [2.75, 3.05) is 19.7 Å². The molecule has 1 spiro atoms. The Morgan fingerprint density at radius 3 is 2.74 bits per heavy atom. The van der Waals surface area contributed by atoms with Crippen LogP contribution in [0.3, 0.4) is 0 Å². The lowest BCUT2D eigenvalue weighted by atomic mass is 9.76. The number of carbonyl (C=O) groups is 1. The average molecular weight is 390 g/mol. The summed E-state index contributed by atoms with van der Waals surface area (Å²) in [6.07, 6.45) is 5.33. The number of hydrogen-bond donors (Lipinski definition) is 0. The zero-order chi connectivity index (χ0) is 18.9. The molecule has 2 heterocycles. The normalized spacial score (nSPS) is 21.1. The molecule has 1 aliphatic heterocycles. The number of benzene rings is 1. The van der Waals surface area contributed by atoms with Crippen LogP contribution in [0.15, 0.2) is 28.8 Å². The summed E-state index contributed by atoms with van der Waals surface area (Å²) < 4.78 is 11.0. The van der Waals surface area contributed by atoms with E-state index in [0.29, 0.717) is 23.2 Å². The second-order valence-electron chi connectivity index (χ2n) is 7.54. The molecule has 1 aromatic heterocycles. The number of hydrogen-bond acceptors (Lipinski definition) is 5. The van der Waals surface area contributed by atoms with Gasteiger partial charge in [-0.25, -0.2) is 0 Å². The molecule has 2 fully saturated rings. The second kappa shape index (κ2) is 7.50. The Labute approximate surface area is 163 Å². The van der Waals surface area contributed by atoms with E-state index in [1.807, 2.05) is 11.8 Å². The van der Waals surface area contributed by atoms with Gasteiger partial charge in [-0.05, 0) is 42.5 Å². The number of ether oxygens (including phenoxy) is 1. The molecule has 1 atom stereocenters. The van der Waals surface area contributed by atoms with Crippen LogP contribution >= 0.6 is 11.6 Å². The van der Waals surface area contributed by atoms with Crippen LogP contribution in [0.25, 0.3) is 0 Å². The molecule has 6 nitrogen and oxygen atoms in total. The van der Waals surface area contributed by atoms with E-state index < -0.39 is 0 Å². The number of likely N-dealkylation sites (tertiary alicyclic amines) is 1. The van der Waals surface area contributed by atoms with Gasteiger partial charge in [-0.3, -0.25) is 4.79 Å². The molecular weight excluding hydrogens is 366 g/mol. The Hall–Kier alpha value is -2.08. The van der Waals surface area contributed by atoms with Crippen molar-refractivity contribution in [2.45, 2.75) is 44.9 Å². The summed E-state index contributed by atoms with van der Waals surface area (Å²) in [7, 11) is 0. The van der Waals surface area contributed by atoms with Gasteiger partial charge in [0.2, 0.25) is 5.89 Å². The van der Waals surface area contributed by atoms with Crippen LogP contribution in [0.2, 0.25) is 5.02 Å². The maximum absolute atomic E-state index is 12.8. The summed E-state index contributed by atoms with van der Waals surface area (Å²) in [5.74, 6) is 2.20. The van der Waals surface area contributed by atoms with Gasteiger partial charge >= 0.3 is 0 Å². The van der Waals surface area contributed by atoms with Gasteiger partial charge in [0.25, 0.3) is 5.91 Å². The average Bonchev–Trinajstić information content (AvgIpc) is 3.41. The lowest BCUT2D eigenvalue weighted by Crippen LogP contribution is -2.34. The summed E-state index contributed by atoms with van der Waals surface area (Å²) in [5.41, 5.74) is 0.0742. The van der Waals surface area contributed by atoms with E-state index in [2.05, 4.69) is 10.1 Å². The standard InChI is InChI=1S/C20H24ClN3O3/c1-2-17-22-19(23-27-17)16-11-24(13-20(16)9-3-4-10-20)18(25)12-26-15-7-5-14(21)6-8-15/h5-8,16H,2-4,9-13H2,1H3. The molecule has 4 rings (SSSR count). The zero-order valence-electron chi connectivity index (χ0n) is 15.5. The van der Waals surface area contributed by atoms with Crippen molar-refractivity contribution in [1.29, 1.82) is 0 Å². The zero-order valence-corrected chi connectivity index (χ0v) is 16.2. The van der Waals surface area contributed by atoms with Gasteiger partial charge in [0, 0.05) is 30.5 Å². The molecule has 1 amide bonds. The predicted molar refractivity (Wildman–Crippen MR) is 101 cm³/mol. The quantitative estimate of drug-likeness (QED) is 0.776. The highest BCUT2D eigenvalue weighted by atomic mass is 35.5. The molecular formula is C20H24ClN3O3. The Kier molecular flexibility index (Phi) is 5.08. The van der Waals surface area contributed by atoms with Crippen molar-refractivity contribution >= 4 is 17.5 Å². The third-order valence-electron chi connectivity index (χ3n) is 5.87. The molecule has 144 valence electrons. The number of aromatic nitrogens is 2. The molecule has 27 heavy (non-hydrogen) atoms. The molecule has 1 aromatic carbocycles. The Morgan fingerprint density at radius 1 is 1.33 bits per heavy atom. The molecule has 0 N–H and O–H groups in total. The van der Waals surface area contributed by atoms with E-state index in [1.165, 1.54) is 12.8 Å². The maximum Gasteiger partial charge on any atom is 0.260 e. The molecule has 1 saturated carbocycles. The van der Waals surface area contributed by atoms with Crippen LogP contribution < -0.4 is 4.74 Å². The first-order chi connectivity index (χ1) is 13.1. The van der Waals surface area contributed by atoms with Crippen LogP contribution in [0.1, 0.15) is 50.2 Å². The van der Waals surface area contributed by atoms with Gasteiger partial charge in [-0.15, -0.1) is 0 Å². The molecule has 2 aliphatic rings. The predicted octanol–water partition coefficient (Wildman–Crippen LogP) is 3.85. The van der Waals surface area contributed by atoms with Crippen molar-refractivity contribution in [2.24, 2.45) is 5.41 Å². The minimum absolute atomic E-state index is 0.00191. The van der Waals surface area contributed by atoms with Crippen molar-refractivity contribution < 1.29 is 14.1 Å². The smallest absolute Gasteiger partial charge is 0.260 e. The van der Waals surface area contributed by atoms with Gasteiger partial charge in [0.1, 0.15) is 5.75 Å². The number of aryl methyl sites for hydroxylation is 1. The van der Waals surface area contributed by atoms with Gasteiger partial charge in [0.05, 0.1) is 0 Å². The fourth-order valence-electron chi connectivity index (χ4n) is 4.42. The highest BCUT2D eigenvalue weighted by molar-refractivity contribution is 6.30. The maximum atomic E-state index is 12.8. The summed E-state index contributed by atoms with van der Waals surface area (Å²) in [5, 5.41) is 4.86. The van der Waals surface area contributed by atoms with Gasteiger partial charge < -0.3 is 14.2 Å². The minimum atomic E-state index is -0.00191. The number of halogens is 1. The largest absolute Gasteiger partial charge is 0.484 e. The Bertz CT molecular complexity index is 799. The highest BCUT2D eigenvalue weighted by Gasteiger charge is 2.51. The first-order valence-corrected chi connectivity index (χ1v) is 9.96. The van der Waals surface area contributed by atoms with Crippen molar-refractivity contribution in [1.82, 2.24) is 15.0 Å². The number of carbonyl (C=O) groups excluding carboxylic acids is 1. The molecule has 1 saturated heterocycles. The monoisotopic (exact) mass is 389 g/mol. The summed E-state index contributed by atoms with van der Waals surface area (Å²) in [4.78, 5) is 19.3. The number of rotatable bonds is 5. The SMILES string of the molecule is CCc1nc(C2CN(C(=O)COc3ccc(Cl)cc3)CC23CCCC3)no1. The lowest BCUT2D eigenvalue weighted by molar-refractivity contribution is -0.132. The fraction of sp³-hybridized carbons (Fsp3) is 0.550. The first-order valence-electron chi connectivity index (χ1n) is 9.58. The van der Waals surface area contributed by atoms with E-state index >= 15 is 0 Å². The van der Waals surface area contributed by atoms with E-state index in [9.17, 15) is 4.79 Å². The highest BCUT2D eigenvalue weighted by Crippen LogP contribution is 2.52. The van der Waals surface area contributed by atoms with Gasteiger partial charge in [-0.1, -0.05) is 36.5 Å². The lowest BCUT2D eigenvalue weighted by Gasteiger charge is -2.27. The van der Waals surface area contributed by atoms with Crippen molar-refractivity contribution in [3.8, 4) is 5.75 Å². The summed E-state index contributed by atoms with van der Waals surface area (Å²) in [6, 6.07) is 7.05. The molecule has 1 aliphatic carbocycles. The van der Waals surface area contributed by atoms with E-state index in [1.54, 1.807) is 24.3 Å². The third-order valence-corrected chi connectivity index (χ3v) is 6.13. The third kappa shape index (κ3) is 3.68. The first kappa shape index (κ1) is 18.3. The number of nitrogens with zero attached hydrogens (tertiary/aromatic N) is 3. The number of amides is 1. The van der Waals surface area contributed by atoms with Gasteiger partial charge in [-0.2, -0.15) is 4.98 Å². The van der Waals surface area contributed by atoms with Crippen LogP contribution in [0.4, 0.5) is 0 Å². The molecule has 7 heteroatoms. The topological polar surface area (TPSA) is 68.5 Å². The minimum Gasteiger partial charge on any atom is -0.484 e. The van der Waals surface area contributed by atoms with Crippen LogP contribution in [-0.4, -0.2) is 40.6 Å². The van der Waals surface area contributed by atoms with Crippen molar-refractivity contribution in [3.63, 3.8) is 0 Å². The van der Waals surface area contributed by atoms with E-state index in [0.717, 1.165) is 31.6 Å². The van der Waals surface area contributed by atoms with Crippen LogP contribution in [-0.2, 0) is 11.2 Å². The molecule has 2 aromatic rings. The molecule has 1 unspecified atom stereocenters. The Balaban J connectivity index is 1.45.